The molecule has 24 heavy (non-hydrogen) atoms. The molecule has 2 aromatic rings. The number of amides is 1. The van der Waals surface area contributed by atoms with Crippen molar-refractivity contribution in [3.63, 3.8) is 0 Å². The van der Waals surface area contributed by atoms with Crippen LogP contribution in [0.25, 0.3) is 0 Å². The van der Waals surface area contributed by atoms with E-state index in [1.54, 1.807) is 18.0 Å². The van der Waals surface area contributed by atoms with Gasteiger partial charge in [-0.3, -0.25) is 9.48 Å². The monoisotopic (exact) mass is 348 g/mol. The first-order chi connectivity index (χ1) is 11.6. The first-order valence-corrected chi connectivity index (χ1v) is 8.41. The van der Waals surface area contributed by atoms with Gasteiger partial charge in [-0.2, -0.15) is 5.10 Å². The van der Waals surface area contributed by atoms with Crippen molar-refractivity contribution in [2.24, 2.45) is 0 Å². The summed E-state index contributed by atoms with van der Waals surface area (Å²) in [6, 6.07) is 7.97. The SMILES string of the molecule is CCn1cc(Cl)c(C(=O)N2CCN(c3ccc(OC)cc3)CC2)n1. The van der Waals surface area contributed by atoms with Crippen molar-refractivity contribution in [1.29, 1.82) is 0 Å². The molecule has 2 heterocycles. The Hall–Kier alpha value is -2.21. The summed E-state index contributed by atoms with van der Waals surface area (Å²) < 4.78 is 6.87. The van der Waals surface area contributed by atoms with Gasteiger partial charge in [-0.05, 0) is 31.2 Å². The summed E-state index contributed by atoms with van der Waals surface area (Å²) in [6.07, 6.45) is 1.70. The molecule has 0 saturated carbocycles. The molecule has 0 bridgehead atoms. The fraction of sp³-hybridized carbons (Fsp3) is 0.412. The molecule has 1 aliphatic heterocycles. The number of rotatable bonds is 4. The number of carbonyl (C=O) groups is 1. The second-order valence-electron chi connectivity index (χ2n) is 5.66. The van der Waals surface area contributed by atoms with Crippen LogP contribution in [-0.4, -0.2) is 53.9 Å². The lowest BCUT2D eigenvalue weighted by molar-refractivity contribution is 0.0740. The van der Waals surface area contributed by atoms with E-state index in [4.69, 9.17) is 16.3 Å². The van der Waals surface area contributed by atoms with E-state index in [1.165, 1.54) is 0 Å². The lowest BCUT2D eigenvalue weighted by Gasteiger charge is -2.35. The Kier molecular flexibility index (Phi) is 4.94. The maximum absolute atomic E-state index is 12.6. The molecule has 0 radical (unpaired) electrons. The van der Waals surface area contributed by atoms with Gasteiger partial charge in [0.15, 0.2) is 5.69 Å². The number of benzene rings is 1. The number of nitrogens with zero attached hydrogens (tertiary/aromatic N) is 4. The molecular weight excluding hydrogens is 328 g/mol. The Labute approximate surface area is 146 Å². The van der Waals surface area contributed by atoms with Gasteiger partial charge < -0.3 is 14.5 Å². The van der Waals surface area contributed by atoms with E-state index in [1.807, 2.05) is 36.1 Å². The van der Waals surface area contributed by atoms with Crippen LogP contribution in [0.3, 0.4) is 0 Å². The highest BCUT2D eigenvalue weighted by Gasteiger charge is 2.25. The Morgan fingerprint density at radius 2 is 1.88 bits per heavy atom. The van der Waals surface area contributed by atoms with Gasteiger partial charge in [0, 0.05) is 44.6 Å². The fourth-order valence-corrected chi connectivity index (χ4v) is 3.05. The van der Waals surface area contributed by atoms with Crippen LogP contribution in [0.2, 0.25) is 5.02 Å². The Morgan fingerprint density at radius 1 is 1.21 bits per heavy atom. The third-order valence-electron chi connectivity index (χ3n) is 4.25. The Balaban J connectivity index is 1.63. The van der Waals surface area contributed by atoms with Crippen molar-refractivity contribution in [2.45, 2.75) is 13.5 Å². The number of carbonyl (C=O) groups excluding carboxylic acids is 1. The smallest absolute Gasteiger partial charge is 0.276 e. The van der Waals surface area contributed by atoms with E-state index in [0.717, 1.165) is 24.5 Å². The molecule has 7 heteroatoms. The lowest BCUT2D eigenvalue weighted by Crippen LogP contribution is -2.49. The van der Waals surface area contributed by atoms with Crippen LogP contribution in [-0.2, 0) is 6.54 Å². The van der Waals surface area contributed by atoms with Crippen LogP contribution < -0.4 is 9.64 Å². The molecule has 1 aromatic carbocycles. The lowest BCUT2D eigenvalue weighted by atomic mass is 10.2. The fourth-order valence-electron chi connectivity index (χ4n) is 2.81. The van der Waals surface area contributed by atoms with E-state index in [0.29, 0.717) is 30.4 Å². The summed E-state index contributed by atoms with van der Waals surface area (Å²) in [5.41, 5.74) is 1.48. The summed E-state index contributed by atoms with van der Waals surface area (Å²) >= 11 is 6.14. The summed E-state index contributed by atoms with van der Waals surface area (Å²) in [5, 5.41) is 4.68. The number of anilines is 1. The van der Waals surface area contributed by atoms with Crippen molar-refractivity contribution in [3.8, 4) is 5.75 Å². The van der Waals surface area contributed by atoms with Crippen molar-refractivity contribution >= 4 is 23.2 Å². The first-order valence-electron chi connectivity index (χ1n) is 8.03. The average molecular weight is 349 g/mol. The number of halogens is 1. The molecule has 1 saturated heterocycles. The molecule has 0 spiro atoms. The third kappa shape index (κ3) is 3.33. The van der Waals surface area contributed by atoms with Crippen molar-refractivity contribution < 1.29 is 9.53 Å². The van der Waals surface area contributed by atoms with E-state index < -0.39 is 0 Å². The molecule has 0 atom stereocenters. The van der Waals surface area contributed by atoms with E-state index in [-0.39, 0.29) is 5.91 Å². The average Bonchev–Trinajstić information content (AvgIpc) is 3.02. The second-order valence-corrected chi connectivity index (χ2v) is 6.07. The van der Waals surface area contributed by atoms with Crippen LogP contribution in [0.1, 0.15) is 17.4 Å². The minimum absolute atomic E-state index is 0.0958. The third-order valence-corrected chi connectivity index (χ3v) is 4.52. The van der Waals surface area contributed by atoms with E-state index in [2.05, 4.69) is 10.00 Å². The normalized spacial score (nSPS) is 14.8. The summed E-state index contributed by atoms with van der Waals surface area (Å²) in [5.74, 6) is 0.746. The van der Waals surface area contributed by atoms with Gasteiger partial charge in [0.25, 0.3) is 5.91 Å². The topological polar surface area (TPSA) is 50.6 Å². The standard InChI is InChI=1S/C17H21ClN4O2/c1-3-22-12-15(18)16(19-22)17(23)21-10-8-20(9-11-21)13-4-6-14(24-2)7-5-13/h4-7,12H,3,8-11H2,1-2H3. The van der Waals surface area contributed by atoms with Crippen LogP contribution in [0.15, 0.2) is 30.5 Å². The van der Waals surface area contributed by atoms with Crippen molar-refractivity contribution in [2.75, 3.05) is 38.2 Å². The molecule has 1 fully saturated rings. The summed E-state index contributed by atoms with van der Waals surface area (Å²) in [4.78, 5) is 16.7. The molecule has 0 unspecified atom stereocenters. The minimum Gasteiger partial charge on any atom is -0.497 e. The number of hydrogen-bond donors (Lipinski definition) is 0. The predicted molar refractivity (Wildman–Crippen MR) is 94.0 cm³/mol. The summed E-state index contributed by atoms with van der Waals surface area (Å²) in [7, 11) is 1.66. The van der Waals surface area contributed by atoms with Crippen LogP contribution >= 0.6 is 11.6 Å². The molecule has 6 nitrogen and oxygen atoms in total. The van der Waals surface area contributed by atoms with Gasteiger partial charge in [0.2, 0.25) is 0 Å². The number of piperazine rings is 1. The zero-order valence-corrected chi connectivity index (χ0v) is 14.7. The highest BCUT2D eigenvalue weighted by molar-refractivity contribution is 6.33. The number of aryl methyl sites for hydroxylation is 1. The van der Waals surface area contributed by atoms with Crippen LogP contribution in [0.4, 0.5) is 5.69 Å². The van der Waals surface area contributed by atoms with E-state index in [9.17, 15) is 4.79 Å². The zero-order valence-electron chi connectivity index (χ0n) is 13.9. The predicted octanol–water partition coefficient (Wildman–Crippen LogP) is 2.53. The van der Waals surface area contributed by atoms with Crippen molar-refractivity contribution in [3.05, 3.63) is 41.2 Å². The van der Waals surface area contributed by atoms with Crippen molar-refractivity contribution in [1.82, 2.24) is 14.7 Å². The zero-order chi connectivity index (χ0) is 17.1. The minimum atomic E-state index is -0.0958. The Bertz CT molecular complexity index is 706. The Morgan fingerprint density at radius 3 is 2.42 bits per heavy atom. The largest absolute Gasteiger partial charge is 0.497 e. The molecular formula is C17H21ClN4O2. The van der Waals surface area contributed by atoms with Gasteiger partial charge in [-0.25, -0.2) is 0 Å². The molecule has 0 N–H and O–H groups in total. The second kappa shape index (κ2) is 7.13. The maximum atomic E-state index is 12.6. The molecule has 3 rings (SSSR count). The number of aromatic nitrogens is 2. The number of ether oxygens (including phenoxy) is 1. The molecule has 128 valence electrons. The quantitative estimate of drug-likeness (QED) is 0.852. The van der Waals surface area contributed by atoms with Gasteiger partial charge in [0.1, 0.15) is 5.75 Å². The van der Waals surface area contributed by atoms with E-state index >= 15 is 0 Å². The molecule has 0 aliphatic carbocycles. The van der Waals surface area contributed by atoms with Gasteiger partial charge >= 0.3 is 0 Å². The maximum Gasteiger partial charge on any atom is 0.276 e. The molecule has 1 aliphatic rings. The van der Waals surface area contributed by atoms with Crippen LogP contribution in [0.5, 0.6) is 5.75 Å². The number of hydrogen-bond acceptors (Lipinski definition) is 4. The molecule has 1 amide bonds. The first kappa shape index (κ1) is 16.6. The van der Waals surface area contributed by atoms with Gasteiger partial charge in [-0.15, -0.1) is 0 Å². The summed E-state index contributed by atoms with van der Waals surface area (Å²) in [6.45, 7) is 5.53. The van der Waals surface area contributed by atoms with Gasteiger partial charge in [0.05, 0.1) is 12.1 Å². The highest BCUT2D eigenvalue weighted by Crippen LogP contribution is 2.22. The number of methoxy groups -OCH3 is 1. The highest BCUT2D eigenvalue weighted by atomic mass is 35.5. The molecule has 1 aromatic heterocycles. The van der Waals surface area contributed by atoms with Crippen LogP contribution in [0, 0.1) is 0 Å². The van der Waals surface area contributed by atoms with Gasteiger partial charge in [-0.1, -0.05) is 11.6 Å².